The number of hydrogen-bond acceptors (Lipinski definition) is 3. The summed E-state index contributed by atoms with van der Waals surface area (Å²) in [4.78, 5) is 4.34. The summed E-state index contributed by atoms with van der Waals surface area (Å²) in [6.45, 7) is 3.17. The number of fused-ring (bicyclic) bond motifs is 1. The first-order valence-corrected chi connectivity index (χ1v) is 5.55. The number of ether oxygens (including phenoxy) is 1. The van der Waals surface area contributed by atoms with Crippen molar-refractivity contribution in [1.29, 1.82) is 0 Å². The van der Waals surface area contributed by atoms with Crippen LogP contribution < -0.4 is 10.5 Å². The van der Waals surface area contributed by atoms with Gasteiger partial charge in [-0.2, -0.15) is 0 Å². The molecule has 0 fully saturated rings. The van der Waals surface area contributed by atoms with E-state index in [0.717, 1.165) is 23.1 Å². The van der Waals surface area contributed by atoms with Gasteiger partial charge in [-0.15, -0.1) is 0 Å². The molecule has 0 saturated carbocycles. The van der Waals surface area contributed by atoms with Gasteiger partial charge in [0.1, 0.15) is 17.9 Å². The second kappa shape index (κ2) is 4.94. The minimum absolute atomic E-state index is 0.519. The van der Waals surface area contributed by atoms with Crippen LogP contribution in [0.5, 0.6) is 5.75 Å². The SMILES string of the molecule is CCc1cc(OCCN)c2ncccc2c1. The minimum Gasteiger partial charge on any atom is -0.490 e. The Morgan fingerprint density at radius 2 is 2.25 bits per heavy atom. The Balaban J connectivity index is 2.50. The molecule has 0 amide bonds. The highest BCUT2D eigenvalue weighted by Crippen LogP contribution is 2.25. The summed E-state index contributed by atoms with van der Waals surface area (Å²) in [5.41, 5.74) is 7.61. The molecule has 1 aromatic carbocycles. The largest absolute Gasteiger partial charge is 0.490 e. The molecule has 3 nitrogen and oxygen atoms in total. The third kappa shape index (κ3) is 2.14. The molecule has 1 heterocycles. The van der Waals surface area contributed by atoms with Crippen molar-refractivity contribution in [2.24, 2.45) is 5.73 Å². The number of benzene rings is 1. The Hall–Kier alpha value is -1.61. The highest BCUT2D eigenvalue weighted by molar-refractivity contribution is 5.85. The fraction of sp³-hybridized carbons (Fsp3) is 0.308. The van der Waals surface area contributed by atoms with Crippen LogP contribution in [-0.2, 0) is 6.42 Å². The predicted octanol–water partition coefficient (Wildman–Crippen LogP) is 2.13. The van der Waals surface area contributed by atoms with Gasteiger partial charge in [0.25, 0.3) is 0 Å². The normalized spacial score (nSPS) is 10.6. The van der Waals surface area contributed by atoms with E-state index in [1.165, 1.54) is 5.56 Å². The summed E-state index contributed by atoms with van der Waals surface area (Å²) >= 11 is 0. The van der Waals surface area contributed by atoms with Crippen molar-refractivity contribution in [3.8, 4) is 5.75 Å². The van der Waals surface area contributed by atoms with E-state index in [9.17, 15) is 0 Å². The van der Waals surface area contributed by atoms with Crippen LogP contribution >= 0.6 is 0 Å². The lowest BCUT2D eigenvalue weighted by Gasteiger charge is -2.09. The first-order chi connectivity index (χ1) is 7.85. The van der Waals surface area contributed by atoms with Crippen molar-refractivity contribution in [2.75, 3.05) is 13.2 Å². The number of hydrogen-bond donors (Lipinski definition) is 1. The zero-order chi connectivity index (χ0) is 11.4. The van der Waals surface area contributed by atoms with Crippen molar-refractivity contribution in [3.05, 3.63) is 36.0 Å². The van der Waals surface area contributed by atoms with Crippen molar-refractivity contribution in [3.63, 3.8) is 0 Å². The maximum Gasteiger partial charge on any atom is 0.145 e. The molecule has 0 aliphatic heterocycles. The van der Waals surface area contributed by atoms with E-state index in [-0.39, 0.29) is 0 Å². The minimum atomic E-state index is 0.519. The van der Waals surface area contributed by atoms with Gasteiger partial charge < -0.3 is 10.5 Å². The monoisotopic (exact) mass is 216 g/mol. The number of rotatable bonds is 4. The molecule has 0 bridgehead atoms. The molecule has 84 valence electrons. The van der Waals surface area contributed by atoms with Crippen LogP contribution in [0.4, 0.5) is 0 Å². The lowest BCUT2D eigenvalue weighted by Crippen LogP contribution is -2.11. The lowest BCUT2D eigenvalue weighted by atomic mass is 10.1. The molecule has 16 heavy (non-hydrogen) atoms. The third-order valence-corrected chi connectivity index (χ3v) is 2.51. The number of aromatic nitrogens is 1. The summed E-state index contributed by atoms with van der Waals surface area (Å²) in [5, 5.41) is 1.12. The van der Waals surface area contributed by atoms with Gasteiger partial charge in [-0.25, -0.2) is 0 Å². The smallest absolute Gasteiger partial charge is 0.145 e. The molecule has 0 unspecified atom stereocenters. The molecule has 0 atom stereocenters. The average molecular weight is 216 g/mol. The van der Waals surface area contributed by atoms with E-state index >= 15 is 0 Å². The third-order valence-electron chi connectivity index (χ3n) is 2.51. The van der Waals surface area contributed by atoms with Crippen molar-refractivity contribution in [1.82, 2.24) is 4.98 Å². The predicted molar refractivity (Wildman–Crippen MR) is 65.7 cm³/mol. The number of pyridine rings is 1. The van der Waals surface area contributed by atoms with Crippen LogP contribution in [0.25, 0.3) is 10.9 Å². The first kappa shape index (κ1) is 10.9. The molecule has 3 heteroatoms. The molecule has 0 aliphatic rings. The van der Waals surface area contributed by atoms with E-state index in [4.69, 9.17) is 10.5 Å². The van der Waals surface area contributed by atoms with E-state index in [0.29, 0.717) is 13.2 Å². The lowest BCUT2D eigenvalue weighted by molar-refractivity contribution is 0.331. The summed E-state index contributed by atoms with van der Waals surface area (Å²) in [5.74, 6) is 0.834. The highest BCUT2D eigenvalue weighted by Gasteiger charge is 2.05. The van der Waals surface area contributed by atoms with Crippen LogP contribution in [0.2, 0.25) is 0 Å². The van der Waals surface area contributed by atoms with Gasteiger partial charge in [0.05, 0.1) is 0 Å². The zero-order valence-electron chi connectivity index (χ0n) is 9.44. The Morgan fingerprint density at radius 1 is 1.38 bits per heavy atom. The van der Waals surface area contributed by atoms with Crippen molar-refractivity contribution >= 4 is 10.9 Å². The first-order valence-electron chi connectivity index (χ1n) is 5.55. The summed E-state index contributed by atoms with van der Waals surface area (Å²) in [6, 6.07) is 8.19. The molecule has 0 radical (unpaired) electrons. The molecule has 0 spiro atoms. The molecule has 2 aromatic rings. The number of nitrogens with two attached hydrogens (primary N) is 1. The molecular weight excluding hydrogens is 200 g/mol. The van der Waals surface area contributed by atoms with Gasteiger partial charge in [0.15, 0.2) is 0 Å². The molecule has 0 aliphatic carbocycles. The van der Waals surface area contributed by atoms with Gasteiger partial charge in [-0.1, -0.05) is 13.0 Å². The maximum atomic E-state index is 5.62. The van der Waals surface area contributed by atoms with Crippen molar-refractivity contribution in [2.45, 2.75) is 13.3 Å². The fourth-order valence-electron chi connectivity index (χ4n) is 1.70. The molecule has 1 aromatic heterocycles. The van der Waals surface area contributed by atoms with E-state index in [2.05, 4.69) is 24.0 Å². The van der Waals surface area contributed by atoms with E-state index in [1.807, 2.05) is 12.1 Å². The molecule has 2 N–H and O–H groups in total. The summed E-state index contributed by atoms with van der Waals surface area (Å²) < 4.78 is 5.62. The van der Waals surface area contributed by atoms with Crippen LogP contribution in [0.1, 0.15) is 12.5 Å². The quantitative estimate of drug-likeness (QED) is 0.851. The molecule has 2 rings (SSSR count). The van der Waals surface area contributed by atoms with Gasteiger partial charge >= 0.3 is 0 Å². The van der Waals surface area contributed by atoms with Gasteiger partial charge in [0.2, 0.25) is 0 Å². The Bertz CT molecular complexity index is 482. The van der Waals surface area contributed by atoms with Crippen LogP contribution in [-0.4, -0.2) is 18.1 Å². The zero-order valence-corrected chi connectivity index (χ0v) is 9.44. The van der Waals surface area contributed by atoms with Crippen LogP contribution in [0, 0.1) is 0 Å². The van der Waals surface area contributed by atoms with Gasteiger partial charge in [-0.05, 0) is 30.2 Å². The second-order valence-electron chi connectivity index (χ2n) is 3.66. The van der Waals surface area contributed by atoms with Crippen molar-refractivity contribution < 1.29 is 4.74 Å². The average Bonchev–Trinajstić information content (AvgIpc) is 2.35. The fourth-order valence-corrected chi connectivity index (χ4v) is 1.70. The topological polar surface area (TPSA) is 48.1 Å². The van der Waals surface area contributed by atoms with E-state index in [1.54, 1.807) is 6.20 Å². The Morgan fingerprint density at radius 3 is 3.00 bits per heavy atom. The van der Waals surface area contributed by atoms with Gasteiger partial charge in [-0.3, -0.25) is 4.98 Å². The Kier molecular flexibility index (Phi) is 3.37. The number of aryl methyl sites for hydroxylation is 1. The second-order valence-corrected chi connectivity index (χ2v) is 3.66. The summed E-state index contributed by atoms with van der Waals surface area (Å²) in [6.07, 6.45) is 2.77. The molecule has 0 saturated heterocycles. The number of nitrogens with zero attached hydrogens (tertiary/aromatic N) is 1. The van der Waals surface area contributed by atoms with Crippen LogP contribution in [0.15, 0.2) is 30.5 Å². The van der Waals surface area contributed by atoms with E-state index < -0.39 is 0 Å². The maximum absolute atomic E-state index is 5.62. The highest BCUT2D eigenvalue weighted by atomic mass is 16.5. The van der Waals surface area contributed by atoms with Gasteiger partial charge in [0, 0.05) is 18.1 Å². The molecular formula is C13H16N2O. The van der Waals surface area contributed by atoms with Crippen LogP contribution in [0.3, 0.4) is 0 Å². The standard InChI is InChI=1S/C13H16N2O/c1-2-10-8-11-4-3-6-15-13(11)12(9-10)16-7-5-14/h3-4,6,8-9H,2,5,7,14H2,1H3. The Labute approximate surface area is 95.2 Å². The summed E-state index contributed by atoms with van der Waals surface area (Å²) in [7, 11) is 0.